The van der Waals surface area contributed by atoms with Crippen LogP contribution in [-0.4, -0.2) is 40.0 Å². The second-order valence-electron chi connectivity index (χ2n) is 5.29. The number of hydrogen-bond donors (Lipinski definition) is 1. The van der Waals surface area contributed by atoms with E-state index in [0.29, 0.717) is 6.04 Å². The van der Waals surface area contributed by atoms with Crippen LogP contribution in [-0.2, 0) is 6.54 Å². The smallest absolute Gasteiger partial charge is 0.137 e. The summed E-state index contributed by atoms with van der Waals surface area (Å²) in [5.74, 6) is 0. The summed E-state index contributed by atoms with van der Waals surface area (Å²) in [6, 6.07) is 4.77. The number of imidazole rings is 1. The quantitative estimate of drug-likeness (QED) is 0.922. The molecular formula is C14H22Cl2N4. The van der Waals surface area contributed by atoms with Gasteiger partial charge in [-0.05, 0) is 25.5 Å². The molecule has 0 aliphatic carbocycles. The molecule has 0 aromatic carbocycles. The van der Waals surface area contributed by atoms with Crippen molar-refractivity contribution in [2.45, 2.75) is 26.4 Å². The van der Waals surface area contributed by atoms with Gasteiger partial charge in [0.15, 0.2) is 0 Å². The summed E-state index contributed by atoms with van der Waals surface area (Å²) < 4.78 is 2.12. The van der Waals surface area contributed by atoms with Crippen LogP contribution >= 0.6 is 24.8 Å². The Morgan fingerprint density at radius 1 is 1.30 bits per heavy atom. The molecule has 3 heterocycles. The summed E-state index contributed by atoms with van der Waals surface area (Å²) in [6.07, 6.45) is 4.28. The van der Waals surface area contributed by atoms with Crippen molar-refractivity contribution in [3.63, 3.8) is 0 Å². The zero-order chi connectivity index (χ0) is 12.5. The highest BCUT2D eigenvalue weighted by atomic mass is 35.5. The Morgan fingerprint density at radius 2 is 2.10 bits per heavy atom. The zero-order valence-electron chi connectivity index (χ0n) is 11.9. The molecule has 0 amide bonds. The van der Waals surface area contributed by atoms with Gasteiger partial charge < -0.3 is 9.72 Å². The largest absolute Gasteiger partial charge is 0.312 e. The van der Waals surface area contributed by atoms with E-state index in [1.54, 1.807) is 0 Å². The number of rotatable bonds is 2. The number of pyridine rings is 1. The fraction of sp³-hybridized carbons (Fsp3) is 0.500. The van der Waals surface area contributed by atoms with Crippen molar-refractivity contribution in [1.82, 2.24) is 19.6 Å². The lowest BCUT2D eigenvalue weighted by atomic mass is 10.2. The molecule has 4 nitrogen and oxygen atoms in total. The number of aromatic nitrogens is 2. The number of nitrogens with one attached hydrogen (secondary N) is 1. The van der Waals surface area contributed by atoms with Crippen molar-refractivity contribution >= 4 is 30.5 Å². The summed E-state index contributed by atoms with van der Waals surface area (Å²) in [7, 11) is 0. The van der Waals surface area contributed by atoms with Crippen LogP contribution in [0.15, 0.2) is 24.5 Å². The molecule has 0 spiro atoms. The topological polar surface area (TPSA) is 32.6 Å². The molecule has 1 fully saturated rings. The standard InChI is InChI=1S/C14H20N4.2ClH/c1-11-3-4-14-16-13(10-18(14)7-11)9-17-6-5-15-12(2)8-17;;/h3-4,7,10,12,15H,5-6,8-9H2,1-2H3;2*1H. The molecule has 0 saturated carbocycles. The van der Waals surface area contributed by atoms with E-state index >= 15 is 0 Å². The van der Waals surface area contributed by atoms with Gasteiger partial charge in [-0.15, -0.1) is 24.8 Å². The third-order valence-corrected chi connectivity index (χ3v) is 3.49. The number of hydrogen-bond acceptors (Lipinski definition) is 3. The molecule has 1 N–H and O–H groups in total. The second kappa shape index (κ2) is 7.27. The predicted octanol–water partition coefficient (Wildman–Crippen LogP) is 2.28. The number of piperazine rings is 1. The van der Waals surface area contributed by atoms with Crippen LogP contribution in [0.3, 0.4) is 0 Å². The van der Waals surface area contributed by atoms with Crippen LogP contribution in [0.25, 0.3) is 5.65 Å². The van der Waals surface area contributed by atoms with Gasteiger partial charge in [-0.3, -0.25) is 4.90 Å². The van der Waals surface area contributed by atoms with Gasteiger partial charge in [0, 0.05) is 44.6 Å². The molecule has 1 saturated heterocycles. The number of halogens is 2. The normalized spacial score (nSPS) is 19.4. The number of aryl methyl sites for hydroxylation is 1. The van der Waals surface area contributed by atoms with E-state index in [1.807, 2.05) is 0 Å². The lowest BCUT2D eigenvalue weighted by molar-refractivity contribution is 0.198. The fourth-order valence-electron chi connectivity index (χ4n) is 2.62. The second-order valence-corrected chi connectivity index (χ2v) is 5.29. The average Bonchev–Trinajstić information content (AvgIpc) is 2.70. The molecular weight excluding hydrogens is 295 g/mol. The molecule has 112 valence electrons. The monoisotopic (exact) mass is 316 g/mol. The van der Waals surface area contributed by atoms with Gasteiger partial charge in [-0.25, -0.2) is 4.98 Å². The van der Waals surface area contributed by atoms with E-state index in [0.717, 1.165) is 37.5 Å². The van der Waals surface area contributed by atoms with Crippen molar-refractivity contribution in [3.05, 3.63) is 35.8 Å². The van der Waals surface area contributed by atoms with Gasteiger partial charge in [0.1, 0.15) is 5.65 Å². The first-order chi connectivity index (χ1) is 8.70. The Morgan fingerprint density at radius 3 is 2.85 bits per heavy atom. The maximum atomic E-state index is 4.67. The molecule has 1 unspecified atom stereocenters. The SMILES string of the molecule is Cc1ccc2nc(CN3CCNC(C)C3)cn2c1.Cl.Cl. The minimum absolute atomic E-state index is 0. The molecule has 1 aliphatic rings. The van der Waals surface area contributed by atoms with Gasteiger partial charge in [0.2, 0.25) is 0 Å². The zero-order valence-corrected chi connectivity index (χ0v) is 13.5. The van der Waals surface area contributed by atoms with E-state index in [9.17, 15) is 0 Å². The van der Waals surface area contributed by atoms with Crippen LogP contribution in [0, 0.1) is 6.92 Å². The molecule has 2 aromatic rings. The third-order valence-electron chi connectivity index (χ3n) is 3.49. The summed E-state index contributed by atoms with van der Waals surface area (Å²) in [5, 5.41) is 3.46. The highest BCUT2D eigenvalue weighted by Gasteiger charge is 2.16. The molecule has 6 heteroatoms. The van der Waals surface area contributed by atoms with E-state index < -0.39 is 0 Å². The third kappa shape index (κ3) is 3.85. The number of fused-ring (bicyclic) bond motifs is 1. The molecule has 3 rings (SSSR count). The van der Waals surface area contributed by atoms with Crippen molar-refractivity contribution < 1.29 is 0 Å². The first-order valence-corrected chi connectivity index (χ1v) is 6.61. The number of nitrogens with zero attached hydrogens (tertiary/aromatic N) is 3. The van der Waals surface area contributed by atoms with Crippen LogP contribution < -0.4 is 5.32 Å². The Kier molecular flexibility index (Phi) is 6.27. The minimum atomic E-state index is 0. The lowest BCUT2D eigenvalue weighted by Gasteiger charge is -2.31. The maximum absolute atomic E-state index is 4.67. The van der Waals surface area contributed by atoms with Crippen LogP contribution in [0.1, 0.15) is 18.2 Å². The van der Waals surface area contributed by atoms with E-state index in [-0.39, 0.29) is 24.8 Å². The Balaban J connectivity index is 0.000001000. The molecule has 20 heavy (non-hydrogen) atoms. The molecule has 0 bridgehead atoms. The van der Waals surface area contributed by atoms with E-state index in [2.05, 4.69) is 58.0 Å². The Hall–Kier alpha value is -0.810. The van der Waals surface area contributed by atoms with Gasteiger partial charge in [0.05, 0.1) is 5.69 Å². The van der Waals surface area contributed by atoms with Crippen LogP contribution in [0.2, 0.25) is 0 Å². The van der Waals surface area contributed by atoms with Crippen molar-refractivity contribution in [3.8, 4) is 0 Å². The molecule has 1 aliphatic heterocycles. The lowest BCUT2D eigenvalue weighted by Crippen LogP contribution is -2.48. The Bertz CT molecular complexity index is 555. The van der Waals surface area contributed by atoms with Crippen LogP contribution in [0.4, 0.5) is 0 Å². The summed E-state index contributed by atoms with van der Waals surface area (Å²) >= 11 is 0. The van der Waals surface area contributed by atoms with Gasteiger partial charge in [-0.1, -0.05) is 6.07 Å². The van der Waals surface area contributed by atoms with Crippen molar-refractivity contribution in [1.29, 1.82) is 0 Å². The molecule has 1 atom stereocenters. The van der Waals surface area contributed by atoms with Gasteiger partial charge >= 0.3 is 0 Å². The fourth-order valence-corrected chi connectivity index (χ4v) is 2.62. The summed E-state index contributed by atoms with van der Waals surface area (Å²) in [4.78, 5) is 7.14. The highest BCUT2D eigenvalue weighted by molar-refractivity contribution is 5.85. The van der Waals surface area contributed by atoms with Gasteiger partial charge in [0.25, 0.3) is 0 Å². The maximum Gasteiger partial charge on any atom is 0.137 e. The van der Waals surface area contributed by atoms with Gasteiger partial charge in [-0.2, -0.15) is 0 Å². The first kappa shape index (κ1) is 17.2. The molecule has 2 aromatic heterocycles. The Labute approximate surface area is 132 Å². The van der Waals surface area contributed by atoms with Crippen molar-refractivity contribution in [2.24, 2.45) is 0 Å². The first-order valence-electron chi connectivity index (χ1n) is 6.61. The predicted molar refractivity (Wildman–Crippen MR) is 87.2 cm³/mol. The summed E-state index contributed by atoms with van der Waals surface area (Å²) in [6.45, 7) is 8.58. The highest BCUT2D eigenvalue weighted by Crippen LogP contribution is 2.10. The van der Waals surface area contributed by atoms with Crippen molar-refractivity contribution in [2.75, 3.05) is 19.6 Å². The minimum Gasteiger partial charge on any atom is -0.312 e. The van der Waals surface area contributed by atoms with Crippen LogP contribution in [0.5, 0.6) is 0 Å². The molecule has 0 radical (unpaired) electrons. The average molecular weight is 317 g/mol. The van der Waals surface area contributed by atoms with E-state index in [1.165, 1.54) is 5.56 Å². The summed E-state index contributed by atoms with van der Waals surface area (Å²) in [5.41, 5.74) is 3.47. The van der Waals surface area contributed by atoms with E-state index in [4.69, 9.17) is 0 Å².